The Labute approximate surface area is 151 Å². The predicted molar refractivity (Wildman–Crippen MR) is 102 cm³/mol. The Morgan fingerprint density at radius 3 is 2.54 bits per heavy atom. The lowest BCUT2D eigenvalue weighted by Gasteiger charge is -2.10. The zero-order chi connectivity index (χ0) is 17.8. The van der Waals surface area contributed by atoms with E-state index in [2.05, 4.69) is 5.32 Å². The van der Waals surface area contributed by atoms with Crippen LogP contribution in [0.3, 0.4) is 0 Å². The largest absolute Gasteiger partial charge is 0.454 e. The molecule has 1 amide bonds. The van der Waals surface area contributed by atoms with Crippen molar-refractivity contribution in [1.29, 1.82) is 0 Å². The monoisotopic (exact) mass is 343 g/mol. The number of anilines is 1. The molecule has 0 spiro atoms. The third-order valence-electron chi connectivity index (χ3n) is 4.09. The Morgan fingerprint density at radius 1 is 0.885 bits per heavy atom. The highest BCUT2D eigenvalue weighted by molar-refractivity contribution is 6.04. The van der Waals surface area contributed by atoms with E-state index in [1.54, 1.807) is 6.08 Å². The van der Waals surface area contributed by atoms with Gasteiger partial charge in [-0.2, -0.15) is 0 Å². The molecule has 0 atom stereocenters. The molecule has 0 aromatic heterocycles. The lowest BCUT2D eigenvalue weighted by atomic mass is 10.0. The second-order valence-corrected chi connectivity index (χ2v) is 5.85. The van der Waals surface area contributed by atoms with Gasteiger partial charge in [-0.15, -0.1) is 0 Å². The maximum Gasteiger partial charge on any atom is 0.248 e. The molecule has 1 aliphatic rings. The van der Waals surface area contributed by atoms with Crippen LogP contribution in [0.25, 0.3) is 17.2 Å². The van der Waals surface area contributed by atoms with Gasteiger partial charge in [0.2, 0.25) is 12.7 Å². The number of amides is 1. The molecule has 4 nitrogen and oxygen atoms in total. The van der Waals surface area contributed by atoms with Crippen LogP contribution in [-0.4, -0.2) is 12.7 Å². The number of para-hydroxylation sites is 1. The molecule has 0 unspecified atom stereocenters. The fourth-order valence-corrected chi connectivity index (χ4v) is 2.82. The third kappa shape index (κ3) is 3.44. The smallest absolute Gasteiger partial charge is 0.248 e. The number of rotatable bonds is 4. The van der Waals surface area contributed by atoms with E-state index in [0.717, 1.165) is 28.1 Å². The second-order valence-electron chi connectivity index (χ2n) is 5.85. The zero-order valence-electron chi connectivity index (χ0n) is 14.0. The van der Waals surface area contributed by atoms with E-state index < -0.39 is 0 Å². The summed E-state index contributed by atoms with van der Waals surface area (Å²) >= 11 is 0. The minimum Gasteiger partial charge on any atom is -0.454 e. The second kappa shape index (κ2) is 7.15. The summed E-state index contributed by atoms with van der Waals surface area (Å²) < 4.78 is 10.6. The standard InChI is InChI=1S/C22H17NO3/c24-22(13-11-16-10-12-20-21(14-16)26-15-25-20)23-19-9-5-4-8-18(19)17-6-2-1-3-7-17/h1-14H,15H2,(H,23,24). The molecule has 1 heterocycles. The molecule has 0 radical (unpaired) electrons. The Bertz CT molecular complexity index is 964. The highest BCUT2D eigenvalue weighted by Gasteiger charge is 2.12. The topological polar surface area (TPSA) is 47.6 Å². The average molecular weight is 343 g/mol. The molecule has 26 heavy (non-hydrogen) atoms. The first-order valence-corrected chi connectivity index (χ1v) is 8.33. The molecular weight excluding hydrogens is 326 g/mol. The normalized spacial score (nSPS) is 12.3. The van der Waals surface area contributed by atoms with Crippen LogP contribution >= 0.6 is 0 Å². The van der Waals surface area contributed by atoms with Crippen LogP contribution in [-0.2, 0) is 4.79 Å². The van der Waals surface area contributed by atoms with Crippen molar-refractivity contribution in [3.8, 4) is 22.6 Å². The number of hydrogen-bond acceptors (Lipinski definition) is 3. The third-order valence-corrected chi connectivity index (χ3v) is 4.09. The molecule has 0 saturated heterocycles. The number of benzene rings is 3. The Balaban J connectivity index is 1.50. The highest BCUT2D eigenvalue weighted by atomic mass is 16.7. The Kier molecular flexibility index (Phi) is 4.39. The lowest BCUT2D eigenvalue weighted by molar-refractivity contribution is -0.111. The SMILES string of the molecule is O=C(C=Cc1ccc2c(c1)OCO2)Nc1ccccc1-c1ccccc1. The molecule has 0 aliphatic carbocycles. The molecule has 1 N–H and O–H groups in total. The van der Waals surface area contributed by atoms with Gasteiger partial charge in [0.15, 0.2) is 11.5 Å². The summed E-state index contributed by atoms with van der Waals surface area (Å²) in [6, 6.07) is 23.3. The summed E-state index contributed by atoms with van der Waals surface area (Å²) in [5.74, 6) is 1.23. The van der Waals surface area contributed by atoms with Gasteiger partial charge in [-0.1, -0.05) is 54.6 Å². The molecule has 0 saturated carbocycles. The Hall–Kier alpha value is -3.53. The zero-order valence-corrected chi connectivity index (χ0v) is 14.0. The van der Waals surface area contributed by atoms with Gasteiger partial charge in [0.1, 0.15) is 0 Å². The van der Waals surface area contributed by atoms with Gasteiger partial charge in [0.25, 0.3) is 0 Å². The van der Waals surface area contributed by atoms with Crippen LogP contribution in [0.5, 0.6) is 11.5 Å². The van der Waals surface area contributed by atoms with Gasteiger partial charge < -0.3 is 14.8 Å². The maximum atomic E-state index is 12.3. The van der Waals surface area contributed by atoms with Gasteiger partial charge in [0.05, 0.1) is 0 Å². The van der Waals surface area contributed by atoms with Crippen molar-refractivity contribution in [1.82, 2.24) is 0 Å². The fourth-order valence-electron chi connectivity index (χ4n) is 2.82. The van der Waals surface area contributed by atoms with Crippen molar-refractivity contribution in [2.24, 2.45) is 0 Å². The summed E-state index contributed by atoms with van der Waals surface area (Å²) in [4.78, 5) is 12.3. The predicted octanol–water partition coefficient (Wildman–Crippen LogP) is 4.73. The molecule has 4 heteroatoms. The molecular formula is C22H17NO3. The fraction of sp³-hybridized carbons (Fsp3) is 0.0455. The van der Waals surface area contributed by atoms with Gasteiger partial charge in [-0.3, -0.25) is 4.79 Å². The average Bonchev–Trinajstić information content (AvgIpc) is 3.15. The minimum atomic E-state index is -0.189. The number of carbonyl (C=O) groups is 1. The van der Waals surface area contributed by atoms with E-state index in [1.807, 2.05) is 72.8 Å². The highest BCUT2D eigenvalue weighted by Crippen LogP contribution is 2.33. The number of nitrogens with one attached hydrogen (secondary N) is 1. The molecule has 1 aliphatic heterocycles. The van der Waals surface area contributed by atoms with Gasteiger partial charge in [-0.25, -0.2) is 0 Å². The van der Waals surface area contributed by atoms with Crippen LogP contribution in [0.15, 0.2) is 78.9 Å². The van der Waals surface area contributed by atoms with Gasteiger partial charge >= 0.3 is 0 Å². The van der Waals surface area contributed by atoms with Crippen molar-refractivity contribution in [2.45, 2.75) is 0 Å². The van der Waals surface area contributed by atoms with Crippen LogP contribution in [0.4, 0.5) is 5.69 Å². The van der Waals surface area contributed by atoms with E-state index in [9.17, 15) is 4.79 Å². The number of fused-ring (bicyclic) bond motifs is 1. The van der Waals surface area contributed by atoms with E-state index in [1.165, 1.54) is 6.08 Å². The first-order valence-electron chi connectivity index (χ1n) is 8.33. The van der Waals surface area contributed by atoms with Crippen molar-refractivity contribution in [2.75, 3.05) is 12.1 Å². The summed E-state index contributed by atoms with van der Waals surface area (Å²) in [5, 5.41) is 2.95. The maximum absolute atomic E-state index is 12.3. The molecule has 4 rings (SSSR count). The quantitative estimate of drug-likeness (QED) is 0.697. The number of ether oxygens (including phenoxy) is 2. The van der Waals surface area contributed by atoms with Crippen LogP contribution < -0.4 is 14.8 Å². The molecule has 0 fully saturated rings. The summed E-state index contributed by atoms with van der Waals surface area (Å²) in [5.41, 5.74) is 3.70. The van der Waals surface area contributed by atoms with Gasteiger partial charge in [0, 0.05) is 17.3 Å². The number of carbonyl (C=O) groups excluding carboxylic acids is 1. The van der Waals surface area contributed by atoms with Crippen molar-refractivity contribution in [3.63, 3.8) is 0 Å². The molecule has 128 valence electrons. The van der Waals surface area contributed by atoms with Crippen LogP contribution in [0, 0.1) is 0 Å². The van der Waals surface area contributed by atoms with Crippen molar-refractivity contribution >= 4 is 17.7 Å². The molecule has 3 aromatic carbocycles. The van der Waals surface area contributed by atoms with Crippen molar-refractivity contribution in [3.05, 3.63) is 84.4 Å². The Morgan fingerprint density at radius 2 is 1.65 bits per heavy atom. The minimum absolute atomic E-state index is 0.189. The van der Waals surface area contributed by atoms with E-state index in [0.29, 0.717) is 5.75 Å². The van der Waals surface area contributed by atoms with Crippen molar-refractivity contribution < 1.29 is 14.3 Å². The first kappa shape index (κ1) is 16.0. The summed E-state index contributed by atoms with van der Waals surface area (Å²) in [6.07, 6.45) is 3.27. The van der Waals surface area contributed by atoms with Crippen LogP contribution in [0.2, 0.25) is 0 Å². The van der Waals surface area contributed by atoms with E-state index >= 15 is 0 Å². The summed E-state index contributed by atoms with van der Waals surface area (Å²) in [6.45, 7) is 0.235. The molecule has 0 bridgehead atoms. The van der Waals surface area contributed by atoms with E-state index in [-0.39, 0.29) is 12.7 Å². The lowest BCUT2D eigenvalue weighted by Crippen LogP contribution is -2.08. The van der Waals surface area contributed by atoms with Crippen LogP contribution in [0.1, 0.15) is 5.56 Å². The first-order chi connectivity index (χ1) is 12.8. The molecule has 3 aromatic rings. The van der Waals surface area contributed by atoms with E-state index in [4.69, 9.17) is 9.47 Å². The van der Waals surface area contributed by atoms with Gasteiger partial charge in [-0.05, 0) is 35.4 Å². The number of hydrogen-bond donors (Lipinski definition) is 1. The summed E-state index contributed by atoms with van der Waals surface area (Å²) in [7, 11) is 0.